The van der Waals surface area contributed by atoms with E-state index in [4.69, 9.17) is 28.7 Å². The number of amides is 9. The minimum Gasteiger partial charge on any atom is -0.481 e. The highest BCUT2D eigenvalue weighted by atomic mass is 16.4. The summed E-state index contributed by atoms with van der Waals surface area (Å²) in [4.78, 5) is 165. The highest BCUT2D eigenvalue weighted by Gasteiger charge is 2.41. The van der Waals surface area contributed by atoms with Gasteiger partial charge >= 0.3 is 11.9 Å². The molecule has 85 heavy (non-hydrogen) atoms. The first-order chi connectivity index (χ1) is 40.1. The summed E-state index contributed by atoms with van der Waals surface area (Å²) in [6.07, 6.45) is 0.258. The van der Waals surface area contributed by atoms with Crippen molar-refractivity contribution in [2.24, 2.45) is 44.6 Å². The van der Waals surface area contributed by atoms with E-state index in [0.29, 0.717) is 17.7 Å². The number of hydrogen-bond acceptors (Lipinski definition) is 16. The summed E-state index contributed by atoms with van der Waals surface area (Å²) in [5, 5.41) is 50.5. The van der Waals surface area contributed by atoms with Crippen LogP contribution >= 0.6 is 0 Å². The fraction of sp³-hybridized carbons (Fsp3) is 0.585. The van der Waals surface area contributed by atoms with E-state index in [0.717, 1.165) is 4.90 Å². The minimum atomic E-state index is -1.66. The molecule has 1 aromatic carbocycles. The Kier molecular flexibility index (Phi) is 29.2. The van der Waals surface area contributed by atoms with Crippen LogP contribution in [0.2, 0.25) is 0 Å². The number of carbonyl (C=O) groups is 11. The van der Waals surface area contributed by atoms with Gasteiger partial charge in [0.1, 0.15) is 54.4 Å². The molecule has 1 aliphatic heterocycles. The number of rotatable bonds is 36. The van der Waals surface area contributed by atoms with Crippen LogP contribution in [0, 0.1) is 5.92 Å². The molecule has 1 aliphatic rings. The average Bonchev–Trinajstić information content (AvgIpc) is 4.36. The van der Waals surface area contributed by atoms with Gasteiger partial charge in [-0.1, -0.05) is 44.2 Å². The number of aromatic nitrogens is 2. The van der Waals surface area contributed by atoms with Gasteiger partial charge in [-0.25, -0.2) is 9.78 Å². The van der Waals surface area contributed by atoms with E-state index < -0.39 is 144 Å². The van der Waals surface area contributed by atoms with Gasteiger partial charge in [-0.2, -0.15) is 0 Å². The number of aliphatic carboxylic acids is 2. The minimum absolute atomic E-state index is 0.0173. The third kappa shape index (κ3) is 24.8. The van der Waals surface area contributed by atoms with Crippen LogP contribution < -0.4 is 71.2 Å². The highest BCUT2D eigenvalue weighted by molar-refractivity contribution is 5.99. The second-order valence-electron chi connectivity index (χ2n) is 21.1. The van der Waals surface area contributed by atoms with Crippen LogP contribution in [-0.2, 0) is 65.6 Å². The Labute approximate surface area is 491 Å². The molecule has 2 aromatic rings. The van der Waals surface area contributed by atoms with Crippen molar-refractivity contribution < 1.29 is 68.1 Å². The van der Waals surface area contributed by atoms with Crippen molar-refractivity contribution >= 4 is 77.0 Å². The average molecular weight is 1200 g/mol. The van der Waals surface area contributed by atoms with E-state index >= 15 is 0 Å². The summed E-state index contributed by atoms with van der Waals surface area (Å²) < 4.78 is 0. The van der Waals surface area contributed by atoms with Crippen molar-refractivity contribution in [3.63, 3.8) is 0 Å². The van der Waals surface area contributed by atoms with Crippen LogP contribution in [0.3, 0.4) is 0 Å². The molecule has 22 N–H and O–H groups in total. The number of H-pyrrole nitrogens is 1. The van der Waals surface area contributed by atoms with Crippen LogP contribution in [-0.4, -0.2) is 193 Å². The van der Waals surface area contributed by atoms with Crippen molar-refractivity contribution in [3.05, 3.63) is 54.1 Å². The second-order valence-corrected chi connectivity index (χ2v) is 21.1. The van der Waals surface area contributed by atoms with E-state index in [1.54, 1.807) is 44.2 Å². The van der Waals surface area contributed by atoms with Crippen LogP contribution in [0.15, 0.2) is 52.8 Å². The lowest BCUT2D eigenvalue weighted by Gasteiger charge is -2.31. The summed E-state index contributed by atoms with van der Waals surface area (Å²) in [7, 11) is 0. The van der Waals surface area contributed by atoms with Gasteiger partial charge in [0.25, 0.3) is 0 Å². The Hall–Kier alpha value is -8.94. The Bertz CT molecular complexity index is 2650. The zero-order valence-corrected chi connectivity index (χ0v) is 48.4. The molecule has 0 unspecified atom stereocenters. The number of imidazole rings is 1. The topological polar surface area (TPSA) is 531 Å². The number of hydrogen-bond donors (Lipinski definition) is 17. The molecule has 0 bridgehead atoms. The number of likely N-dealkylation sites (tertiary alicyclic amines) is 1. The quantitative estimate of drug-likeness (QED) is 0.0172. The molecule has 0 saturated carbocycles. The molecular formula is C53H84N18O14. The van der Waals surface area contributed by atoms with Gasteiger partial charge in [-0.15, -0.1) is 0 Å². The molecule has 3 rings (SSSR count). The van der Waals surface area contributed by atoms with Gasteiger partial charge in [0.05, 0.1) is 18.5 Å². The molecule has 1 saturated heterocycles. The van der Waals surface area contributed by atoms with Gasteiger partial charge in [-0.05, 0) is 83.6 Å². The van der Waals surface area contributed by atoms with E-state index in [9.17, 15) is 68.1 Å². The Morgan fingerprint density at radius 1 is 0.647 bits per heavy atom. The Balaban J connectivity index is 1.91. The maximum absolute atomic E-state index is 14.6. The zero-order chi connectivity index (χ0) is 63.5. The lowest BCUT2D eigenvalue weighted by molar-refractivity contribution is -0.146. The van der Waals surface area contributed by atoms with Gasteiger partial charge in [0, 0.05) is 50.8 Å². The first-order valence-electron chi connectivity index (χ1n) is 27.8. The van der Waals surface area contributed by atoms with Crippen molar-refractivity contribution in [3.8, 4) is 0 Å². The molecule has 32 nitrogen and oxygen atoms in total. The van der Waals surface area contributed by atoms with Crippen molar-refractivity contribution in [1.82, 2.24) is 57.4 Å². The molecule has 9 amide bonds. The van der Waals surface area contributed by atoms with Crippen LogP contribution in [0.1, 0.15) is 104 Å². The monoisotopic (exact) mass is 1200 g/mol. The molecule has 0 radical (unpaired) electrons. The van der Waals surface area contributed by atoms with E-state index in [1.807, 2.05) is 0 Å². The maximum Gasteiger partial charge on any atom is 0.326 e. The van der Waals surface area contributed by atoms with Crippen molar-refractivity contribution in [1.29, 1.82) is 0 Å². The number of aliphatic hydroxyl groups excluding tert-OH is 1. The van der Waals surface area contributed by atoms with Crippen LogP contribution in [0.4, 0.5) is 0 Å². The number of carboxylic acids is 2. The summed E-state index contributed by atoms with van der Waals surface area (Å²) in [6.45, 7) is 7.55. The summed E-state index contributed by atoms with van der Waals surface area (Å²) >= 11 is 0. The van der Waals surface area contributed by atoms with Gasteiger partial charge in [0.15, 0.2) is 11.9 Å². The lowest BCUT2D eigenvalue weighted by Crippen LogP contribution is -2.61. The van der Waals surface area contributed by atoms with Crippen molar-refractivity contribution in [2.75, 3.05) is 19.6 Å². The number of nitrogens with zero attached hydrogens (tertiary/aromatic N) is 4. The summed E-state index contributed by atoms with van der Waals surface area (Å²) in [5.41, 5.74) is 28.3. The van der Waals surface area contributed by atoms with Gasteiger partial charge in [-0.3, -0.25) is 57.9 Å². The molecule has 1 fully saturated rings. The fourth-order valence-corrected chi connectivity index (χ4v) is 8.85. The molecule has 1 aromatic heterocycles. The molecule has 32 heteroatoms. The van der Waals surface area contributed by atoms with Crippen LogP contribution in [0.25, 0.3) is 0 Å². The molecule has 470 valence electrons. The number of aromatic amines is 1. The first kappa shape index (κ1) is 70.3. The number of benzene rings is 1. The van der Waals surface area contributed by atoms with E-state index in [-0.39, 0.29) is 88.8 Å². The largest absolute Gasteiger partial charge is 0.481 e. The van der Waals surface area contributed by atoms with Gasteiger partial charge in [0.2, 0.25) is 53.2 Å². The van der Waals surface area contributed by atoms with Crippen LogP contribution in [0.5, 0.6) is 0 Å². The Morgan fingerprint density at radius 3 is 1.68 bits per heavy atom. The maximum atomic E-state index is 14.6. The first-order valence-corrected chi connectivity index (χ1v) is 27.8. The number of carbonyl (C=O) groups excluding carboxylic acids is 9. The van der Waals surface area contributed by atoms with Gasteiger partial charge < -0.3 is 96.4 Å². The highest BCUT2D eigenvalue weighted by Crippen LogP contribution is 2.20. The zero-order valence-electron chi connectivity index (χ0n) is 48.4. The number of guanidine groups is 2. The summed E-state index contributed by atoms with van der Waals surface area (Å²) in [5.74, 6) is -11.2. The number of aliphatic imine (C=N–C) groups is 2. The fourth-order valence-electron chi connectivity index (χ4n) is 8.85. The number of carboxylic acid groups (broad SMARTS) is 2. The van der Waals surface area contributed by atoms with E-state index in [2.05, 4.69) is 62.5 Å². The molecule has 0 spiro atoms. The lowest BCUT2D eigenvalue weighted by atomic mass is 10.0. The predicted octanol–water partition coefficient (Wildman–Crippen LogP) is -5.09. The third-order valence-electron chi connectivity index (χ3n) is 13.3. The Morgan fingerprint density at radius 2 is 1.16 bits per heavy atom. The van der Waals surface area contributed by atoms with E-state index in [1.165, 1.54) is 33.3 Å². The smallest absolute Gasteiger partial charge is 0.326 e. The third-order valence-corrected chi connectivity index (χ3v) is 13.3. The number of nitrogens with two attached hydrogens (primary N) is 5. The molecular weight excluding hydrogens is 1110 g/mol. The molecule has 0 aliphatic carbocycles. The standard InChI is InChI=1S/C53H84N18O14/c1-27(2)22-36(67-42(75)28(3)54)46(79)65-34(17-18-40(73)74)45(78)69-38(24-32-25-59-26-62-32)48(81)68-37(23-31-12-7-6-8-13-31)47(80)64-33(14-9-19-60-52(55)56)44(77)63-29(4)43(76)70-41(30(5)72)50(83)71-21-11-16-39(71)49(82)66-35(51(84)85)15-10-20-61-53(57)58/h6-8,12-13,25-30,33-39,41,72H,9-11,14-24,54H2,1-5H3,(H,59,62)(H,63,77)(H,64,80)(H,65,79)(H,66,82)(H,67,75)(H,68,81)(H,69,78)(H,70,76)(H,73,74)(H,84,85)(H4,55,56,60)(H4,57,58,61)/t28-,29-,30+,33-,34-,35-,36-,37-,38-,39-,41-/m0/s1. The molecule has 11 atom stereocenters. The normalized spacial score (nSPS) is 16.4. The number of nitrogens with one attached hydrogen (secondary N) is 9. The second kappa shape index (κ2) is 35.3. The number of aliphatic hydroxyl groups is 1. The molecule has 2 heterocycles. The predicted molar refractivity (Wildman–Crippen MR) is 307 cm³/mol. The summed E-state index contributed by atoms with van der Waals surface area (Å²) in [6, 6.07) is -5.52. The van der Waals surface area contributed by atoms with Crippen molar-refractivity contribution in [2.45, 2.75) is 172 Å². The SMILES string of the molecule is CC(C)C[C@H](NC(=O)[C@H](C)N)C(=O)N[C@@H](CCC(=O)O)C(=O)N[C@@H](Cc1cnc[nH]1)C(=O)N[C@@H](Cc1ccccc1)C(=O)N[C@@H](CCCN=C(N)N)C(=O)N[C@@H](C)C(=O)N[C@H](C(=O)N1CCC[C@H]1C(=O)N[C@@H](CCCN=C(N)N)C(=O)O)[C@@H](C)O.